The summed E-state index contributed by atoms with van der Waals surface area (Å²) >= 11 is 0. The van der Waals surface area contributed by atoms with Gasteiger partial charge in [-0.15, -0.1) is 0 Å². The lowest BCUT2D eigenvalue weighted by Gasteiger charge is -2.13. The quantitative estimate of drug-likeness (QED) is 0.140. The normalized spacial score (nSPS) is 13.2. The zero-order chi connectivity index (χ0) is 18.5. The van der Waals surface area contributed by atoms with Crippen molar-refractivity contribution in [1.29, 1.82) is 0 Å². The van der Waals surface area contributed by atoms with E-state index in [9.17, 15) is 19.2 Å². The Morgan fingerprint density at radius 1 is 0.792 bits per heavy atom. The topological polar surface area (TPSA) is 192 Å². The van der Waals surface area contributed by atoms with E-state index in [0.29, 0.717) is 0 Å². The Morgan fingerprint density at radius 3 is 1.83 bits per heavy atom. The molecule has 0 saturated carbocycles. The molecule has 2 atom stereocenters. The first-order chi connectivity index (χ1) is 11.2. The van der Waals surface area contributed by atoms with Crippen LogP contribution in [0.15, 0.2) is 0 Å². The van der Waals surface area contributed by atoms with E-state index in [2.05, 4.69) is 10.8 Å². The second-order valence-corrected chi connectivity index (χ2v) is 4.51. The summed E-state index contributed by atoms with van der Waals surface area (Å²) in [5.74, 6) is -5.21. The van der Waals surface area contributed by atoms with Crippen LogP contribution in [-0.4, -0.2) is 82.8 Å². The van der Waals surface area contributed by atoms with E-state index in [1.807, 2.05) is 0 Å². The molecule has 12 nitrogen and oxygen atoms in total. The van der Waals surface area contributed by atoms with Gasteiger partial charge in [-0.2, -0.15) is 5.48 Å². The highest BCUT2D eigenvalue weighted by atomic mass is 16.7. The number of carboxylic acid groups (broad SMARTS) is 4. The standard InChI is InChI=1S/C12H20N2O10/c15-9(16)5-7(11(19)20)13-1-2-23-3-4-24-14-8(12(21)22)6-10(17)18/h7-8,13-14H,1-6H2,(H,15,16)(H,17,18)(H,19,20)(H,21,22). The van der Waals surface area contributed by atoms with Crippen molar-refractivity contribution < 1.29 is 49.2 Å². The number of hydroxylamine groups is 1. The third-order valence-corrected chi connectivity index (χ3v) is 2.55. The summed E-state index contributed by atoms with van der Waals surface area (Å²) in [5.41, 5.74) is 2.08. The fourth-order valence-corrected chi connectivity index (χ4v) is 1.44. The number of carbonyl (C=O) groups is 4. The highest BCUT2D eigenvalue weighted by molar-refractivity contribution is 5.80. The molecule has 0 aromatic carbocycles. The van der Waals surface area contributed by atoms with Crippen molar-refractivity contribution in [1.82, 2.24) is 10.8 Å². The second kappa shape index (κ2) is 12.2. The zero-order valence-electron chi connectivity index (χ0n) is 12.6. The van der Waals surface area contributed by atoms with Crippen molar-refractivity contribution in [3.63, 3.8) is 0 Å². The van der Waals surface area contributed by atoms with Crippen LogP contribution in [-0.2, 0) is 28.8 Å². The number of hydrogen-bond donors (Lipinski definition) is 6. The summed E-state index contributed by atoms with van der Waals surface area (Å²) in [5, 5.41) is 37.0. The maximum Gasteiger partial charge on any atom is 0.323 e. The van der Waals surface area contributed by atoms with E-state index < -0.39 is 48.8 Å². The average molecular weight is 352 g/mol. The Labute approximate surface area is 136 Å². The van der Waals surface area contributed by atoms with Crippen molar-refractivity contribution >= 4 is 23.9 Å². The summed E-state index contributed by atoms with van der Waals surface area (Å²) in [4.78, 5) is 47.1. The second-order valence-electron chi connectivity index (χ2n) is 4.51. The van der Waals surface area contributed by atoms with Gasteiger partial charge in [0.05, 0.1) is 32.7 Å². The molecule has 0 aromatic rings. The molecule has 0 aliphatic heterocycles. The Hall–Kier alpha value is -2.28. The molecule has 0 amide bonds. The Morgan fingerprint density at radius 2 is 1.33 bits per heavy atom. The van der Waals surface area contributed by atoms with Gasteiger partial charge in [-0.05, 0) is 0 Å². The van der Waals surface area contributed by atoms with E-state index in [1.165, 1.54) is 0 Å². The Kier molecular flexibility index (Phi) is 11.0. The van der Waals surface area contributed by atoms with Crippen LogP contribution in [0.3, 0.4) is 0 Å². The van der Waals surface area contributed by atoms with Gasteiger partial charge in [0.15, 0.2) is 0 Å². The fraction of sp³-hybridized carbons (Fsp3) is 0.667. The van der Waals surface area contributed by atoms with Crippen LogP contribution in [0.25, 0.3) is 0 Å². The molecule has 6 N–H and O–H groups in total. The van der Waals surface area contributed by atoms with E-state index in [-0.39, 0.29) is 26.4 Å². The maximum absolute atomic E-state index is 10.8. The van der Waals surface area contributed by atoms with Crippen molar-refractivity contribution in [2.24, 2.45) is 0 Å². The molecule has 12 heteroatoms. The van der Waals surface area contributed by atoms with Crippen LogP contribution in [0.4, 0.5) is 0 Å². The van der Waals surface area contributed by atoms with E-state index >= 15 is 0 Å². The number of aliphatic carboxylic acids is 4. The molecule has 0 aliphatic rings. The van der Waals surface area contributed by atoms with Gasteiger partial charge in [-0.25, -0.2) is 0 Å². The van der Waals surface area contributed by atoms with Crippen LogP contribution >= 0.6 is 0 Å². The number of nitrogens with one attached hydrogen (secondary N) is 2. The summed E-state index contributed by atoms with van der Waals surface area (Å²) in [6, 6.07) is -2.62. The highest BCUT2D eigenvalue weighted by Gasteiger charge is 2.21. The van der Waals surface area contributed by atoms with Gasteiger partial charge < -0.3 is 30.5 Å². The molecule has 0 heterocycles. The number of ether oxygens (including phenoxy) is 1. The number of hydrogen-bond acceptors (Lipinski definition) is 8. The predicted octanol–water partition coefficient (Wildman–Crippen LogP) is -2.03. The SMILES string of the molecule is O=C(O)CC(NCCOCCONC(CC(=O)O)C(=O)O)C(=O)O. The van der Waals surface area contributed by atoms with Crippen LogP contribution in [0.1, 0.15) is 12.8 Å². The summed E-state index contributed by atoms with van der Waals surface area (Å²) in [6.07, 6.45) is -1.22. The van der Waals surface area contributed by atoms with Gasteiger partial charge in [0, 0.05) is 6.54 Å². The monoisotopic (exact) mass is 352 g/mol. The third kappa shape index (κ3) is 11.3. The Balaban J connectivity index is 3.75. The van der Waals surface area contributed by atoms with E-state index in [0.717, 1.165) is 0 Å². The largest absolute Gasteiger partial charge is 0.481 e. The van der Waals surface area contributed by atoms with Gasteiger partial charge in [-0.1, -0.05) is 0 Å². The fourth-order valence-electron chi connectivity index (χ4n) is 1.44. The first kappa shape index (κ1) is 21.7. The van der Waals surface area contributed by atoms with Crippen LogP contribution in [0.5, 0.6) is 0 Å². The lowest BCUT2D eigenvalue weighted by atomic mass is 10.2. The van der Waals surface area contributed by atoms with Crippen molar-refractivity contribution in [3.05, 3.63) is 0 Å². The van der Waals surface area contributed by atoms with Gasteiger partial charge in [-0.3, -0.25) is 24.0 Å². The molecule has 0 aromatic heterocycles. The first-order valence-electron chi connectivity index (χ1n) is 6.81. The van der Waals surface area contributed by atoms with Crippen molar-refractivity contribution in [2.75, 3.05) is 26.4 Å². The van der Waals surface area contributed by atoms with Gasteiger partial charge in [0.25, 0.3) is 0 Å². The lowest BCUT2D eigenvalue weighted by Crippen LogP contribution is -2.40. The summed E-state index contributed by atoms with van der Waals surface area (Å²) in [6.45, 7) is 0.129. The Bertz CT molecular complexity index is 402. The zero-order valence-corrected chi connectivity index (χ0v) is 12.6. The van der Waals surface area contributed by atoms with Crippen molar-refractivity contribution in [3.8, 4) is 0 Å². The molecule has 0 fully saturated rings. The maximum atomic E-state index is 10.8. The number of carboxylic acids is 4. The van der Waals surface area contributed by atoms with Crippen LogP contribution in [0, 0.1) is 0 Å². The van der Waals surface area contributed by atoms with E-state index in [4.69, 9.17) is 30.0 Å². The van der Waals surface area contributed by atoms with Crippen LogP contribution in [0.2, 0.25) is 0 Å². The number of rotatable bonds is 15. The molecule has 0 bridgehead atoms. The van der Waals surface area contributed by atoms with Gasteiger partial charge in [0.1, 0.15) is 12.1 Å². The summed E-state index contributed by atoms with van der Waals surface area (Å²) < 4.78 is 5.06. The molecule has 0 radical (unpaired) electrons. The molecule has 0 aliphatic carbocycles. The molecular formula is C12H20N2O10. The van der Waals surface area contributed by atoms with Gasteiger partial charge in [0.2, 0.25) is 0 Å². The van der Waals surface area contributed by atoms with Gasteiger partial charge >= 0.3 is 23.9 Å². The van der Waals surface area contributed by atoms with E-state index in [1.54, 1.807) is 0 Å². The molecule has 0 spiro atoms. The smallest absolute Gasteiger partial charge is 0.323 e. The molecule has 2 unspecified atom stereocenters. The highest BCUT2D eigenvalue weighted by Crippen LogP contribution is 1.94. The average Bonchev–Trinajstić information content (AvgIpc) is 2.46. The third-order valence-electron chi connectivity index (χ3n) is 2.55. The molecule has 138 valence electrons. The predicted molar refractivity (Wildman–Crippen MR) is 75.3 cm³/mol. The molecule has 24 heavy (non-hydrogen) atoms. The minimum atomic E-state index is -1.39. The van der Waals surface area contributed by atoms with Crippen LogP contribution < -0.4 is 10.8 Å². The summed E-state index contributed by atoms with van der Waals surface area (Å²) in [7, 11) is 0. The minimum absolute atomic E-state index is 0.0325. The molecular weight excluding hydrogens is 332 g/mol. The molecule has 0 rings (SSSR count). The van der Waals surface area contributed by atoms with Crippen molar-refractivity contribution in [2.45, 2.75) is 24.9 Å². The minimum Gasteiger partial charge on any atom is -0.481 e. The molecule has 0 saturated heterocycles. The lowest BCUT2D eigenvalue weighted by molar-refractivity contribution is -0.151. The first-order valence-corrected chi connectivity index (χ1v) is 6.81.